The number of carbonyl (C=O) groups excluding carboxylic acids is 1. The highest BCUT2D eigenvalue weighted by Gasteiger charge is 2.27. The fourth-order valence-corrected chi connectivity index (χ4v) is 2.36. The Morgan fingerprint density at radius 3 is 2.68 bits per heavy atom. The quantitative estimate of drug-likeness (QED) is 0.609. The Labute approximate surface area is 136 Å². The van der Waals surface area contributed by atoms with Crippen LogP contribution in [0.25, 0.3) is 6.08 Å². The second kappa shape index (κ2) is 6.34. The van der Waals surface area contributed by atoms with Crippen LogP contribution in [0.15, 0.2) is 52.7 Å². The van der Waals surface area contributed by atoms with Crippen LogP contribution in [0.5, 0.6) is 11.5 Å². The minimum absolute atomic E-state index is 0.134. The highest BCUT2D eigenvalue weighted by molar-refractivity contribution is 9.10. The average molecular weight is 361 g/mol. The number of fused-ring (bicyclic) bond motifs is 1. The minimum Gasteiger partial charge on any atom is -0.468 e. The summed E-state index contributed by atoms with van der Waals surface area (Å²) in [6, 6.07) is 12.8. The molecule has 3 rings (SSSR count). The molecule has 112 valence electrons. The van der Waals surface area contributed by atoms with Crippen LogP contribution in [0.2, 0.25) is 0 Å². The van der Waals surface area contributed by atoms with E-state index in [0.717, 1.165) is 10.0 Å². The zero-order valence-corrected chi connectivity index (χ0v) is 13.4. The van der Waals surface area contributed by atoms with E-state index < -0.39 is 0 Å². The van der Waals surface area contributed by atoms with Crippen LogP contribution >= 0.6 is 15.9 Å². The van der Waals surface area contributed by atoms with Crippen molar-refractivity contribution >= 4 is 27.8 Å². The van der Waals surface area contributed by atoms with Gasteiger partial charge in [0.25, 0.3) is 0 Å². The van der Waals surface area contributed by atoms with Gasteiger partial charge in [-0.3, -0.25) is 4.79 Å². The standard InChI is InChI=1S/C17H13BrO4/c1-20-10-21-13-6-7-15-14(9-13)17(19)16(22-15)8-11-2-4-12(18)5-3-11/h2-9H,10H2,1H3/b16-8-. The zero-order valence-electron chi connectivity index (χ0n) is 11.8. The maximum atomic E-state index is 12.4. The molecule has 0 amide bonds. The van der Waals surface area contributed by atoms with Gasteiger partial charge in [0.15, 0.2) is 12.6 Å². The van der Waals surface area contributed by atoms with Crippen molar-refractivity contribution in [3.8, 4) is 11.5 Å². The van der Waals surface area contributed by atoms with Gasteiger partial charge in [0.05, 0.1) is 5.56 Å². The van der Waals surface area contributed by atoms with Crippen LogP contribution < -0.4 is 9.47 Å². The van der Waals surface area contributed by atoms with Gasteiger partial charge in [0.2, 0.25) is 5.78 Å². The molecule has 0 aromatic heterocycles. The second-order valence-corrected chi connectivity index (χ2v) is 5.62. The monoisotopic (exact) mass is 360 g/mol. The number of hydrogen-bond acceptors (Lipinski definition) is 4. The molecule has 2 aromatic rings. The van der Waals surface area contributed by atoms with Crippen molar-refractivity contribution in [1.82, 2.24) is 0 Å². The topological polar surface area (TPSA) is 44.8 Å². The lowest BCUT2D eigenvalue weighted by Crippen LogP contribution is -2.00. The van der Waals surface area contributed by atoms with E-state index in [2.05, 4.69) is 15.9 Å². The SMILES string of the molecule is COCOc1ccc2c(c1)C(=O)/C(=C/c1ccc(Br)cc1)O2. The van der Waals surface area contributed by atoms with Gasteiger partial charge in [-0.05, 0) is 42.0 Å². The summed E-state index contributed by atoms with van der Waals surface area (Å²) < 4.78 is 16.8. The number of ether oxygens (including phenoxy) is 3. The van der Waals surface area contributed by atoms with E-state index in [-0.39, 0.29) is 12.6 Å². The molecule has 0 radical (unpaired) electrons. The minimum atomic E-state index is -0.152. The molecule has 5 heteroatoms. The maximum Gasteiger partial charge on any atom is 0.232 e. The first-order chi connectivity index (χ1) is 10.7. The predicted octanol–water partition coefficient (Wildman–Crippen LogP) is 4.05. The van der Waals surface area contributed by atoms with Crippen LogP contribution in [-0.4, -0.2) is 19.7 Å². The molecule has 0 saturated heterocycles. The number of rotatable bonds is 4. The summed E-state index contributed by atoms with van der Waals surface area (Å²) in [6.07, 6.45) is 1.73. The number of Topliss-reactive ketones (excluding diaryl/α,β-unsaturated/α-hetero) is 1. The molecule has 0 aliphatic carbocycles. The van der Waals surface area contributed by atoms with Crippen LogP contribution in [0.1, 0.15) is 15.9 Å². The third-order valence-corrected chi connectivity index (χ3v) is 3.68. The van der Waals surface area contributed by atoms with Gasteiger partial charge in [-0.25, -0.2) is 0 Å². The average Bonchev–Trinajstić information content (AvgIpc) is 2.84. The van der Waals surface area contributed by atoms with Gasteiger partial charge in [-0.15, -0.1) is 0 Å². The lowest BCUT2D eigenvalue weighted by atomic mass is 10.1. The Morgan fingerprint density at radius 1 is 1.18 bits per heavy atom. The summed E-state index contributed by atoms with van der Waals surface area (Å²) in [5.74, 6) is 1.27. The van der Waals surface area contributed by atoms with Gasteiger partial charge in [-0.1, -0.05) is 28.1 Å². The summed E-state index contributed by atoms with van der Waals surface area (Å²) in [5, 5.41) is 0. The Morgan fingerprint density at radius 2 is 1.95 bits per heavy atom. The van der Waals surface area contributed by atoms with E-state index in [0.29, 0.717) is 22.8 Å². The Kier molecular flexibility index (Phi) is 4.27. The molecule has 1 heterocycles. The molecule has 0 unspecified atom stereocenters. The van der Waals surface area contributed by atoms with Crippen molar-refractivity contribution in [1.29, 1.82) is 0 Å². The fraction of sp³-hybridized carbons (Fsp3) is 0.118. The van der Waals surface area contributed by atoms with E-state index in [9.17, 15) is 4.79 Å². The number of allylic oxidation sites excluding steroid dienone is 1. The third kappa shape index (κ3) is 3.05. The smallest absolute Gasteiger partial charge is 0.232 e. The second-order valence-electron chi connectivity index (χ2n) is 4.70. The van der Waals surface area contributed by atoms with E-state index in [4.69, 9.17) is 14.2 Å². The van der Waals surface area contributed by atoms with E-state index in [1.165, 1.54) is 0 Å². The van der Waals surface area contributed by atoms with Crippen molar-refractivity contribution in [3.05, 3.63) is 63.8 Å². The van der Waals surface area contributed by atoms with E-state index in [1.54, 1.807) is 31.4 Å². The number of ketones is 1. The number of hydrogen-bond donors (Lipinski definition) is 0. The first-order valence-electron chi connectivity index (χ1n) is 6.63. The number of benzene rings is 2. The normalized spacial score (nSPS) is 14.8. The summed E-state index contributed by atoms with van der Waals surface area (Å²) in [7, 11) is 1.54. The summed E-state index contributed by atoms with van der Waals surface area (Å²) in [5.41, 5.74) is 1.40. The van der Waals surface area contributed by atoms with Crippen LogP contribution in [-0.2, 0) is 4.74 Å². The molecule has 1 aliphatic heterocycles. The largest absolute Gasteiger partial charge is 0.468 e. The highest BCUT2D eigenvalue weighted by Crippen LogP contribution is 2.34. The van der Waals surface area contributed by atoms with E-state index in [1.807, 2.05) is 24.3 Å². The molecule has 2 aromatic carbocycles. The van der Waals surface area contributed by atoms with Gasteiger partial charge in [0, 0.05) is 11.6 Å². The van der Waals surface area contributed by atoms with E-state index >= 15 is 0 Å². The predicted molar refractivity (Wildman–Crippen MR) is 86.0 cm³/mol. The molecular formula is C17H13BrO4. The molecule has 4 nitrogen and oxygen atoms in total. The fourth-order valence-electron chi connectivity index (χ4n) is 2.10. The van der Waals surface area contributed by atoms with Crippen LogP contribution in [0, 0.1) is 0 Å². The van der Waals surface area contributed by atoms with Crippen molar-refractivity contribution in [2.75, 3.05) is 13.9 Å². The molecular weight excluding hydrogens is 348 g/mol. The first kappa shape index (κ1) is 14.8. The molecule has 22 heavy (non-hydrogen) atoms. The molecule has 0 bridgehead atoms. The molecule has 0 fully saturated rings. The van der Waals surface area contributed by atoms with Gasteiger partial charge in [0.1, 0.15) is 11.5 Å². The maximum absolute atomic E-state index is 12.4. The van der Waals surface area contributed by atoms with Crippen LogP contribution in [0.4, 0.5) is 0 Å². The Balaban J connectivity index is 1.86. The van der Waals surface area contributed by atoms with Gasteiger partial charge in [-0.2, -0.15) is 0 Å². The number of carbonyl (C=O) groups is 1. The van der Waals surface area contributed by atoms with Gasteiger partial charge >= 0.3 is 0 Å². The first-order valence-corrected chi connectivity index (χ1v) is 7.42. The number of halogens is 1. The van der Waals surface area contributed by atoms with Crippen molar-refractivity contribution in [2.45, 2.75) is 0 Å². The number of methoxy groups -OCH3 is 1. The van der Waals surface area contributed by atoms with Gasteiger partial charge < -0.3 is 14.2 Å². The Hall–Kier alpha value is -2.11. The summed E-state index contributed by atoms with van der Waals surface area (Å²) >= 11 is 3.38. The van der Waals surface area contributed by atoms with Crippen LogP contribution in [0.3, 0.4) is 0 Å². The van der Waals surface area contributed by atoms with Crippen molar-refractivity contribution < 1.29 is 19.0 Å². The van der Waals surface area contributed by atoms with Crippen molar-refractivity contribution in [3.63, 3.8) is 0 Å². The molecule has 0 atom stereocenters. The molecule has 0 spiro atoms. The molecule has 1 aliphatic rings. The Bertz CT molecular complexity index is 735. The van der Waals surface area contributed by atoms with Crippen molar-refractivity contribution in [2.24, 2.45) is 0 Å². The highest BCUT2D eigenvalue weighted by atomic mass is 79.9. The lowest BCUT2D eigenvalue weighted by molar-refractivity contribution is 0.0510. The zero-order chi connectivity index (χ0) is 15.5. The summed E-state index contributed by atoms with van der Waals surface area (Å²) in [4.78, 5) is 12.4. The summed E-state index contributed by atoms with van der Waals surface area (Å²) in [6.45, 7) is 0.134. The third-order valence-electron chi connectivity index (χ3n) is 3.15. The molecule has 0 N–H and O–H groups in total. The lowest BCUT2D eigenvalue weighted by Gasteiger charge is -2.04. The molecule has 0 saturated carbocycles.